The number of nitrogens with one attached hydrogen (secondary N) is 2. The van der Waals surface area contributed by atoms with Crippen molar-refractivity contribution in [2.75, 3.05) is 24.5 Å². The molecule has 1 fully saturated rings. The SMILES string of the molecule is C=CCn1c(N2CCC(C(=O)NCCc3c[nH]c4ccccc34)CC2)nc2ccccc21. The summed E-state index contributed by atoms with van der Waals surface area (Å²) in [5.41, 5.74) is 4.52. The van der Waals surface area contributed by atoms with Crippen molar-refractivity contribution in [1.29, 1.82) is 0 Å². The molecule has 4 aromatic rings. The maximum Gasteiger partial charge on any atom is 0.223 e. The maximum atomic E-state index is 12.8. The Hall–Kier alpha value is -3.54. The predicted octanol–water partition coefficient (Wildman–Crippen LogP) is 4.28. The molecule has 2 aromatic heterocycles. The Balaban J connectivity index is 1.18. The van der Waals surface area contributed by atoms with Crippen LogP contribution in [0.5, 0.6) is 0 Å². The van der Waals surface area contributed by atoms with Gasteiger partial charge in [-0.25, -0.2) is 4.98 Å². The molecule has 1 saturated heterocycles. The third kappa shape index (κ3) is 3.88. The van der Waals surface area contributed by atoms with Crippen LogP contribution >= 0.6 is 0 Å². The summed E-state index contributed by atoms with van der Waals surface area (Å²) >= 11 is 0. The van der Waals surface area contributed by atoms with Gasteiger partial charge in [0.1, 0.15) is 0 Å². The fourth-order valence-electron chi connectivity index (χ4n) is 4.76. The van der Waals surface area contributed by atoms with E-state index in [-0.39, 0.29) is 11.8 Å². The van der Waals surface area contributed by atoms with Crippen LogP contribution in [0.2, 0.25) is 0 Å². The Morgan fingerprint density at radius 2 is 1.94 bits per heavy atom. The minimum absolute atomic E-state index is 0.0615. The van der Waals surface area contributed by atoms with Gasteiger partial charge in [-0.1, -0.05) is 36.4 Å². The standard InChI is InChI=1S/C26H29N5O/c1-2-15-31-24-10-6-5-9-23(24)29-26(31)30-16-12-19(13-17-30)25(32)27-14-11-20-18-28-22-8-4-3-7-21(20)22/h2-10,18-19,28H,1,11-17H2,(H,27,32). The second kappa shape index (κ2) is 8.91. The Labute approximate surface area is 187 Å². The van der Waals surface area contributed by atoms with Crippen molar-refractivity contribution in [3.8, 4) is 0 Å². The lowest BCUT2D eigenvalue weighted by Gasteiger charge is -2.32. The monoisotopic (exact) mass is 427 g/mol. The number of H-pyrrole nitrogens is 1. The summed E-state index contributed by atoms with van der Waals surface area (Å²) < 4.78 is 2.21. The normalized spacial score (nSPS) is 14.8. The summed E-state index contributed by atoms with van der Waals surface area (Å²) in [6.45, 7) is 6.96. The molecule has 6 heteroatoms. The van der Waals surface area contributed by atoms with E-state index in [1.165, 1.54) is 10.9 Å². The number of piperidine rings is 1. The largest absolute Gasteiger partial charge is 0.361 e. The van der Waals surface area contributed by atoms with Crippen LogP contribution in [0.15, 0.2) is 67.4 Å². The second-order valence-corrected chi connectivity index (χ2v) is 8.46. The second-order valence-electron chi connectivity index (χ2n) is 8.46. The number of nitrogens with zero attached hydrogens (tertiary/aromatic N) is 3. The lowest BCUT2D eigenvalue weighted by atomic mass is 9.96. The zero-order chi connectivity index (χ0) is 21.9. The van der Waals surface area contributed by atoms with Gasteiger partial charge in [-0.05, 0) is 43.0 Å². The van der Waals surface area contributed by atoms with Gasteiger partial charge < -0.3 is 19.8 Å². The smallest absolute Gasteiger partial charge is 0.223 e. The molecule has 0 atom stereocenters. The molecule has 1 aliphatic heterocycles. The van der Waals surface area contributed by atoms with Crippen LogP contribution in [0.3, 0.4) is 0 Å². The van der Waals surface area contributed by atoms with Gasteiger partial charge in [0.15, 0.2) is 0 Å². The third-order valence-corrected chi connectivity index (χ3v) is 6.46. The first-order valence-corrected chi connectivity index (χ1v) is 11.4. The van der Waals surface area contributed by atoms with Gasteiger partial charge in [0.25, 0.3) is 0 Å². The maximum absolute atomic E-state index is 12.8. The van der Waals surface area contributed by atoms with Gasteiger partial charge in [0, 0.05) is 49.2 Å². The number of carbonyl (C=O) groups excluding carboxylic acids is 1. The Kier molecular flexibility index (Phi) is 5.67. The highest BCUT2D eigenvalue weighted by Crippen LogP contribution is 2.27. The average Bonchev–Trinajstić information content (AvgIpc) is 3.41. The van der Waals surface area contributed by atoms with Crippen LogP contribution < -0.4 is 10.2 Å². The number of imidazole rings is 1. The molecule has 0 unspecified atom stereocenters. The Morgan fingerprint density at radius 3 is 2.78 bits per heavy atom. The highest BCUT2D eigenvalue weighted by molar-refractivity contribution is 5.83. The van der Waals surface area contributed by atoms with Gasteiger partial charge in [-0.15, -0.1) is 6.58 Å². The zero-order valence-corrected chi connectivity index (χ0v) is 18.3. The van der Waals surface area contributed by atoms with Gasteiger partial charge in [0.05, 0.1) is 11.0 Å². The van der Waals surface area contributed by atoms with E-state index in [1.807, 2.05) is 36.5 Å². The molecule has 2 N–H and O–H groups in total. The number of hydrogen-bond donors (Lipinski definition) is 2. The molecule has 1 amide bonds. The molecule has 6 nitrogen and oxygen atoms in total. The van der Waals surface area contributed by atoms with E-state index < -0.39 is 0 Å². The van der Waals surface area contributed by atoms with Gasteiger partial charge >= 0.3 is 0 Å². The van der Waals surface area contributed by atoms with Crippen molar-refractivity contribution in [3.05, 3.63) is 72.9 Å². The number of fused-ring (bicyclic) bond motifs is 2. The summed E-state index contributed by atoms with van der Waals surface area (Å²) in [6, 6.07) is 16.5. The molecule has 0 saturated carbocycles. The third-order valence-electron chi connectivity index (χ3n) is 6.46. The quantitative estimate of drug-likeness (QED) is 0.433. The van der Waals surface area contributed by atoms with Gasteiger partial charge in [-0.3, -0.25) is 4.79 Å². The van der Waals surface area contributed by atoms with E-state index in [4.69, 9.17) is 4.98 Å². The molecule has 0 bridgehead atoms. The van der Waals surface area contributed by atoms with Crippen LogP contribution in [0, 0.1) is 5.92 Å². The molecule has 32 heavy (non-hydrogen) atoms. The fourth-order valence-corrected chi connectivity index (χ4v) is 4.76. The van der Waals surface area contributed by atoms with Crippen molar-refractivity contribution in [2.45, 2.75) is 25.8 Å². The van der Waals surface area contributed by atoms with E-state index in [1.54, 1.807) is 0 Å². The summed E-state index contributed by atoms with van der Waals surface area (Å²) in [5.74, 6) is 1.21. The van der Waals surface area contributed by atoms with Crippen LogP contribution in [0.4, 0.5) is 5.95 Å². The molecule has 5 rings (SSSR count). The van der Waals surface area contributed by atoms with Crippen molar-refractivity contribution < 1.29 is 4.79 Å². The number of amides is 1. The number of para-hydroxylation sites is 3. The number of allylic oxidation sites excluding steroid dienone is 1. The number of anilines is 1. The first-order valence-electron chi connectivity index (χ1n) is 11.4. The Bertz CT molecular complexity index is 1250. The first-order chi connectivity index (χ1) is 15.7. The molecule has 0 spiro atoms. The van der Waals surface area contributed by atoms with Crippen LogP contribution in [0.25, 0.3) is 21.9 Å². The number of hydrogen-bond acceptors (Lipinski definition) is 3. The van der Waals surface area contributed by atoms with Crippen molar-refractivity contribution in [2.24, 2.45) is 5.92 Å². The molecule has 3 heterocycles. The summed E-state index contributed by atoms with van der Waals surface area (Å²) in [7, 11) is 0. The van der Waals surface area contributed by atoms with E-state index in [0.29, 0.717) is 6.54 Å². The van der Waals surface area contributed by atoms with E-state index in [9.17, 15) is 4.79 Å². The number of carbonyl (C=O) groups is 1. The van der Waals surface area contributed by atoms with Gasteiger partial charge in [0.2, 0.25) is 11.9 Å². The molecule has 0 radical (unpaired) electrons. The minimum atomic E-state index is 0.0615. The molecular formula is C26H29N5O. The molecule has 164 valence electrons. The fraction of sp³-hybridized carbons (Fsp3) is 0.308. The van der Waals surface area contributed by atoms with Crippen LogP contribution in [-0.2, 0) is 17.8 Å². The molecule has 2 aromatic carbocycles. The van der Waals surface area contributed by atoms with Crippen molar-refractivity contribution in [3.63, 3.8) is 0 Å². The topological polar surface area (TPSA) is 66.0 Å². The predicted molar refractivity (Wildman–Crippen MR) is 130 cm³/mol. The summed E-state index contributed by atoms with van der Waals surface area (Å²) in [6.07, 6.45) is 6.47. The number of benzene rings is 2. The molecular weight excluding hydrogens is 398 g/mol. The number of rotatable bonds is 7. The number of aromatic nitrogens is 3. The van der Waals surface area contributed by atoms with Crippen molar-refractivity contribution in [1.82, 2.24) is 19.9 Å². The van der Waals surface area contributed by atoms with Crippen LogP contribution in [0.1, 0.15) is 18.4 Å². The van der Waals surface area contributed by atoms with Crippen molar-refractivity contribution >= 4 is 33.8 Å². The summed E-state index contributed by atoms with van der Waals surface area (Å²) in [4.78, 5) is 23.2. The Morgan fingerprint density at radius 1 is 1.16 bits per heavy atom. The first kappa shape index (κ1) is 20.4. The zero-order valence-electron chi connectivity index (χ0n) is 18.3. The van der Waals surface area contributed by atoms with E-state index in [0.717, 1.165) is 61.4 Å². The highest BCUT2D eigenvalue weighted by atomic mass is 16.1. The van der Waals surface area contributed by atoms with E-state index in [2.05, 4.69) is 50.6 Å². The molecule has 1 aliphatic rings. The summed E-state index contributed by atoms with van der Waals surface area (Å²) in [5, 5.41) is 4.39. The highest BCUT2D eigenvalue weighted by Gasteiger charge is 2.27. The van der Waals surface area contributed by atoms with E-state index >= 15 is 0 Å². The minimum Gasteiger partial charge on any atom is -0.361 e. The molecule has 0 aliphatic carbocycles. The van der Waals surface area contributed by atoms with Gasteiger partial charge in [-0.2, -0.15) is 0 Å². The lowest BCUT2D eigenvalue weighted by Crippen LogP contribution is -2.41. The average molecular weight is 428 g/mol. The lowest BCUT2D eigenvalue weighted by molar-refractivity contribution is -0.125. The number of aromatic amines is 1. The van der Waals surface area contributed by atoms with Crippen LogP contribution in [-0.4, -0.2) is 40.1 Å².